The standard InChI is InChI=1S/C21H17Cl2N3O2/c22-18-8-7-14(10-19(18)23)12-26(13-17-6-1-2-9-25-17)21(28)16-5-3-4-15(11-16)20(24)27/h1-11H,12-13H2,(H2,24,27). The number of aromatic nitrogens is 1. The van der Waals surface area contributed by atoms with Crippen molar-refractivity contribution >= 4 is 35.0 Å². The minimum atomic E-state index is -0.588. The van der Waals surface area contributed by atoms with Gasteiger partial charge in [0.1, 0.15) is 0 Å². The Morgan fingerprint density at radius 2 is 1.68 bits per heavy atom. The summed E-state index contributed by atoms with van der Waals surface area (Å²) in [6.45, 7) is 0.591. The fourth-order valence-electron chi connectivity index (χ4n) is 2.73. The number of rotatable bonds is 6. The number of carbonyl (C=O) groups is 2. The van der Waals surface area contributed by atoms with E-state index in [4.69, 9.17) is 28.9 Å². The largest absolute Gasteiger partial charge is 0.366 e. The number of nitrogens with zero attached hydrogens (tertiary/aromatic N) is 2. The Morgan fingerprint density at radius 3 is 2.36 bits per heavy atom. The second kappa shape index (κ2) is 8.87. The van der Waals surface area contributed by atoms with E-state index in [1.807, 2.05) is 24.3 Å². The molecular weight excluding hydrogens is 397 g/mol. The van der Waals surface area contributed by atoms with Crippen LogP contribution in [-0.2, 0) is 13.1 Å². The molecule has 2 N–H and O–H groups in total. The molecule has 3 aromatic rings. The minimum absolute atomic E-state index is 0.250. The first-order valence-electron chi connectivity index (χ1n) is 8.47. The Hall–Kier alpha value is -2.89. The van der Waals surface area contributed by atoms with Crippen molar-refractivity contribution in [1.82, 2.24) is 9.88 Å². The highest BCUT2D eigenvalue weighted by atomic mass is 35.5. The van der Waals surface area contributed by atoms with Gasteiger partial charge in [0.25, 0.3) is 5.91 Å². The summed E-state index contributed by atoms with van der Waals surface area (Å²) in [4.78, 5) is 30.5. The van der Waals surface area contributed by atoms with Crippen LogP contribution in [0.15, 0.2) is 66.9 Å². The van der Waals surface area contributed by atoms with Gasteiger partial charge in [-0.15, -0.1) is 0 Å². The minimum Gasteiger partial charge on any atom is -0.366 e. The van der Waals surface area contributed by atoms with Gasteiger partial charge in [0.05, 0.1) is 22.3 Å². The molecule has 0 unspecified atom stereocenters. The third-order valence-electron chi connectivity index (χ3n) is 4.12. The van der Waals surface area contributed by atoms with Gasteiger partial charge in [-0.1, -0.05) is 41.4 Å². The highest BCUT2D eigenvalue weighted by Gasteiger charge is 2.19. The van der Waals surface area contributed by atoms with Crippen LogP contribution < -0.4 is 5.73 Å². The smallest absolute Gasteiger partial charge is 0.254 e. The zero-order valence-corrected chi connectivity index (χ0v) is 16.3. The monoisotopic (exact) mass is 413 g/mol. The summed E-state index contributed by atoms with van der Waals surface area (Å²) in [7, 11) is 0. The molecule has 3 rings (SSSR count). The van der Waals surface area contributed by atoms with Gasteiger partial charge >= 0.3 is 0 Å². The maximum Gasteiger partial charge on any atom is 0.254 e. The lowest BCUT2D eigenvalue weighted by atomic mass is 10.1. The van der Waals surface area contributed by atoms with Crippen LogP contribution in [0.4, 0.5) is 0 Å². The summed E-state index contributed by atoms with van der Waals surface area (Å²) in [5.74, 6) is -0.838. The lowest BCUT2D eigenvalue weighted by Crippen LogP contribution is -2.30. The van der Waals surface area contributed by atoms with E-state index in [0.717, 1.165) is 11.3 Å². The summed E-state index contributed by atoms with van der Waals surface area (Å²) >= 11 is 12.1. The number of halogens is 2. The lowest BCUT2D eigenvalue weighted by Gasteiger charge is -2.23. The normalized spacial score (nSPS) is 10.5. The molecule has 142 valence electrons. The molecule has 1 heterocycles. The molecule has 0 spiro atoms. The molecule has 5 nitrogen and oxygen atoms in total. The van der Waals surface area contributed by atoms with E-state index < -0.39 is 5.91 Å². The van der Waals surface area contributed by atoms with Crippen molar-refractivity contribution in [3.63, 3.8) is 0 Å². The molecular formula is C21H17Cl2N3O2. The molecule has 28 heavy (non-hydrogen) atoms. The number of nitrogens with two attached hydrogens (primary N) is 1. The third-order valence-corrected chi connectivity index (χ3v) is 4.86. The van der Waals surface area contributed by atoms with E-state index in [-0.39, 0.29) is 11.5 Å². The topological polar surface area (TPSA) is 76.3 Å². The van der Waals surface area contributed by atoms with E-state index >= 15 is 0 Å². The quantitative estimate of drug-likeness (QED) is 0.652. The van der Waals surface area contributed by atoms with Gasteiger partial charge in [0, 0.05) is 23.9 Å². The second-order valence-corrected chi connectivity index (χ2v) is 6.99. The molecule has 0 fully saturated rings. The first-order valence-corrected chi connectivity index (χ1v) is 9.22. The maximum absolute atomic E-state index is 13.2. The molecule has 0 aliphatic carbocycles. The summed E-state index contributed by atoms with van der Waals surface area (Å²) in [6, 6.07) is 17.1. The van der Waals surface area contributed by atoms with Gasteiger partial charge in [-0.25, -0.2) is 0 Å². The van der Waals surface area contributed by atoms with E-state index in [1.54, 1.807) is 41.4 Å². The molecule has 0 aliphatic rings. The van der Waals surface area contributed by atoms with Crippen LogP contribution in [0.2, 0.25) is 10.0 Å². The first kappa shape index (κ1) is 19.9. The van der Waals surface area contributed by atoms with Gasteiger partial charge < -0.3 is 10.6 Å². The highest BCUT2D eigenvalue weighted by molar-refractivity contribution is 6.42. The van der Waals surface area contributed by atoms with Crippen LogP contribution in [0.5, 0.6) is 0 Å². The molecule has 0 saturated carbocycles. The van der Waals surface area contributed by atoms with Crippen molar-refractivity contribution in [3.05, 3.63) is 99.3 Å². The molecule has 0 atom stereocenters. The number of hydrogen-bond acceptors (Lipinski definition) is 3. The Balaban J connectivity index is 1.92. The van der Waals surface area contributed by atoms with Gasteiger partial charge in [-0.3, -0.25) is 14.6 Å². The molecule has 2 amide bonds. The first-order chi connectivity index (χ1) is 13.4. The zero-order valence-electron chi connectivity index (χ0n) is 14.8. The Labute approximate surface area is 172 Å². The number of carbonyl (C=O) groups excluding carboxylic acids is 2. The van der Waals surface area contributed by atoms with Crippen LogP contribution >= 0.6 is 23.2 Å². The number of primary amides is 1. The van der Waals surface area contributed by atoms with Gasteiger partial charge in [0.15, 0.2) is 0 Å². The lowest BCUT2D eigenvalue weighted by molar-refractivity contribution is 0.0728. The van der Waals surface area contributed by atoms with Crippen LogP contribution in [0.25, 0.3) is 0 Å². The molecule has 0 radical (unpaired) electrons. The molecule has 0 aliphatic heterocycles. The van der Waals surface area contributed by atoms with Crippen molar-refractivity contribution in [1.29, 1.82) is 0 Å². The van der Waals surface area contributed by atoms with E-state index in [2.05, 4.69) is 4.98 Å². The van der Waals surface area contributed by atoms with E-state index in [0.29, 0.717) is 28.7 Å². The fourth-order valence-corrected chi connectivity index (χ4v) is 3.05. The van der Waals surface area contributed by atoms with Crippen LogP contribution in [0.1, 0.15) is 32.0 Å². The summed E-state index contributed by atoms with van der Waals surface area (Å²) < 4.78 is 0. The van der Waals surface area contributed by atoms with Crippen molar-refractivity contribution in [2.45, 2.75) is 13.1 Å². The predicted octanol–water partition coefficient (Wildman–Crippen LogP) is 4.33. The van der Waals surface area contributed by atoms with Crippen LogP contribution in [0.3, 0.4) is 0 Å². The number of pyridine rings is 1. The summed E-state index contributed by atoms with van der Waals surface area (Å²) in [5, 5.41) is 0.863. The molecule has 1 aromatic heterocycles. The average Bonchev–Trinajstić information content (AvgIpc) is 2.70. The highest BCUT2D eigenvalue weighted by Crippen LogP contribution is 2.24. The molecule has 0 bridgehead atoms. The molecule has 7 heteroatoms. The van der Waals surface area contributed by atoms with Crippen molar-refractivity contribution in [2.24, 2.45) is 5.73 Å². The van der Waals surface area contributed by atoms with E-state index in [9.17, 15) is 9.59 Å². The van der Waals surface area contributed by atoms with E-state index in [1.165, 1.54) is 6.07 Å². The van der Waals surface area contributed by atoms with Crippen molar-refractivity contribution in [3.8, 4) is 0 Å². The zero-order chi connectivity index (χ0) is 20.1. The Kier molecular flexibility index (Phi) is 6.29. The number of amides is 2. The Bertz CT molecular complexity index is 1010. The molecule has 2 aromatic carbocycles. The predicted molar refractivity (Wildman–Crippen MR) is 109 cm³/mol. The SMILES string of the molecule is NC(=O)c1cccc(C(=O)N(Cc2ccc(Cl)c(Cl)c2)Cc2ccccn2)c1. The number of hydrogen-bond donors (Lipinski definition) is 1. The van der Waals surface area contributed by atoms with Crippen molar-refractivity contribution < 1.29 is 9.59 Å². The van der Waals surface area contributed by atoms with Gasteiger partial charge in [-0.2, -0.15) is 0 Å². The Morgan fingerprint density at radius 1 is 0.893 bits per heavy atom. The summed E-state index contributed by atoms with van der Waals surface area (Å²) in [5.41, 5.74) is 7.54. The number of benzene rings is 2. The van der Waals surface area contributed by atoms with Crippen LogP contribution in [0, 0.1) is 0 Å². The summed E-state index contributed by atoms with van der Waals surface area (Å²) in [6.07, 6.45) is 1.67. The van der Waals surface area contributed by atoms with Gasteiger partial charge in [0.2, 0.25) is 5.91 Å². The molecule has 0 saturated heterocycles. The average molecular weight is 414 g/mol. The second-order valence-electron chi connectivity index (χ2n) is 6.18. The van der Waals surface area contributed by atoms with Gasteiger partial charge in [-0.05, 0) is 48.0 Å². The maximum atomic E-state index is 13.2. The van der Waals surface area contributed by atoms with Crippen LogP contribution in [-0.4, -0.2) is 21.7 Å². The third kappa shape index (κ3) is 4.88. The fraction of sp³-hybridized carbons (Fsp3) is 0.0952. The van der Waals surface area contributed by atoms with Crippen molar-refractivity contribution in [2.75, 3.05) is 0 Å².